The van der Waals surface area contributed by atoms with Crippen LogP contribution in [-0.2, 0) is 0 Å². The topological polar surface area (TPSA) is 100 Å². The fraction of sp³-hybridized carbons (Fsp3) is 0.571. The molecule has 1 aliphatic rings. The van der Waals surface area contributed by atoms with E-state index in [4.69, 9.17) is 9.84 Å². The molecule has 0 aromatic carbocycles. The number of ether oxygens (including phenoxy) is 1. The number of nitrogens with one attached hydrogen (secondary N) is 2. The fourth-order valence-electron chi connectivity index (χ4n) is 3.87. The Morgan fingerprint density at radius 1 is 1.36 bits per heavy atom. The molecule has 2 aromatic heterocycles. The summed E-state index contributed by atoms with van der Waals surface area (Å²) in [6, 6.07) is 5.24. The number of anilines is 1. The second-order valence-electron chi connectivity index (χ2n) is 7.45. The van der Waals surface area contributed by atoms with E-state index < -0.39 is 0 Å². The molecule has 1 amide bonds. The first-order valence-electron chi connectivity index (χ1n) is 10.3. The van der Waals surface area contributed by atoms with E-state index in [-0.39, 0.29) is 25.0 Å². The molecule has 1 saturated carbocycles. The lowest BCUT2D eigenvalue weighted by molar-refractivity contribution is 0.101. The number of H-pyrrole nitrogens is 1. The molecule has 7 nitrogen and oxygen atoms in total. The Labute approximate surface area is 165 Å². The predicted molar refractivity (Wildman–Crippen MR) is 108 cm³/mol. The molecule has 7 heteroatoms. The van der Waals surface area contributed by atoms with E-state index in [1.807, 2.05) is 6.07 Å². The number of carbonyl (C=O) groups excluding carboxylic acids is 1. The summed E-state index contributed by atoms with van der Waals surface area (Å²) in [7, 11) is 0. The molecule has 28 heavy (non-hydrogen) atoms. The summed E-state index contributed by atoms with van der Waals surface area (Å²) in [5, 5.41) is 19.1. The summed E-state index contributed by atoms with van der Waals surface area (Å²) in [5.41, 5.74) is 1.41. The Morgan fingerprint density at radius 2 is 2.18 bits per heavy atom. The van der Waals surface area contributed by atoms with E-state index in [1.54, 1.807) is 18.3 Å². The highest BCUT2D eigenvalue weighted by atomic mass is 16.5. The van der Waals surface area contributed by atoms with Crippen molar-refractivity contribution in [3.8, 4) is 5.88 Å². The molecule has 0 spiro atoms. The van der Waals surface area contributed by atoms with Gasteiger partial charge in [0.2, 0.25) is 5.88 Å². The first-order valence-corrected chi connectivity index (χ1v) is 10.3. The number of amides is 1. The molecule has 1 aliphatic carbocycles. The number of aromatic amines is 1. The Balaban J connectivity index is 1.57. The number of aromatic nitrogens is 3. The van der Waals surface area contributed by atoms with Crippen LogP contribution in [0.1, 0.15) is 73.8 Å². The number of unbranched alkanes of at least 4 members (excludes halogenated alkanes) is 1. The zero-order valence-corrected chi connectivity index (χ0v) is 16.5. The quantitative estimate of drug-likeness (QED) is 0.607. The number of rotatable bonds is 9. The lowest BCUT2D eigenvalue weighted by Gasteiger charge is -2.27. The van der Waals surface area contributed by atoms with Crippen molar-refractivity contribution in [2.45, 2.75) is 57.8 Å². The normalized spacial score (nSPS) is 19.4. The van der Waals surface area contributed by atoms with Crippen LogP contribution in [0.5, 0.6) is 5.88 Å². The molecule has 152 valence electrons. The number of aliphatic hydroxyl groups excluding tert-OH is 1. The van der Waals surface area contributed by atoms with Crippen LogP contribution in [0.15, 0.2) is 24.4 Å². The number of hydrogen-bond acceptors (Lipinski definition) is 5. The predicted octanol–water partition coefficient (Wildman–Crippen LogP) is 3.89. The molecule has 3 rings (SSSR count). The van der Waals surface area contributed by atoms with Crippen LogP contribution in [-0.4, -0.2) is 39.4 Å². The van der Waals surface area contributed by atoms with Gasteiger partial charge in [-0.25, -0.2) is 4.98 Å². The summed E-state index contributed by atoms with van der Waals surface area (Å²) in [5.74, 6) is 1.72. The van der Waals surface area contributed by atoms with E-state index in [1.165, 1.54) is 44.9 Å². The number of carbonyl (C=O) groups is 1. The summed E-state index contributed by atoms with van der Waals surface area (Å²) < 4.78 is 5.33. The van der Waals surface area contributed by atoms with Gasteiger partial charge in [-0.15, -0.1) is 0 Å². The van der Waals surface area contributed by atoms with E-state index in [0.717, 1.165) is 11.6 Å². The second-order valence-corrected chi connectivity index (χ2v) is 7.45. The average molecular weight is 386 g/mol. The molecule has 2 heterocycles. The number of aliphatic hydroxyl groups is 1. The van der Waals surface area contributed by atoms with Gasteiger partial charge in [0, 0.05) is 23.9 Å². The molecule has 0 aliphatic heterocycles. The summed E-state index contributed by atoms with van der Waals surface area (Å²) in [6.07, 6.45) is 10.4. The van der Waals surface area contributed by atoms with Crippen molar-refractivity contribution in [3.63, 3.8) is 0 Å². The van der Waals surface area contributed by atoms with Gasteiger partial charge in [0.05, 0.1) is 6.61 Å². The van der Waals surface area contributed by atoms with Crippen molar-refractivity contribution in [3.05, 3.63) is 35.7 Å². The minimum absolute atomic E-state index is 0.0881. The number of pyridine rings is 1. The zero-order chi connectivity index (χ0) is 19.8. The fourth-order valence-corrected chi connectivity index (χ4v) is 3.87. The van der Waals surface area contributed by atoms with Crippen LogP contribution >= 0.6 is 0 Å². The molecule has 0 saturated heterocycles. The average Bonchev–Trinajstić information content (AvgIpc) is 3.19. The highest BCUT2D eigenvalue weighted by molar-refractivity contribution is 6.05. The third-order valence-corrected chi connectivity index (χ3v) is 5.44. The van der Waals surface area contributed by atoms with Gasteiger partial charge in [0.15, 0.2) is 5.82 Å². The van der Waals surface area contributed by atoms with Gasteiger partial charge < -0.3 is 15.2 Å². The van der Waals surface area contributed by atoms with Gasteiger partial charge in [-0.2, -0.15) is 5.10 Å². The van der Waals surface area contributed by atoms with Crippen LogP contribution in [0, 0.1) is 5.92 Å². The molecule has 1 fully saturated rings. The zero-order valence-electron chi connectivity index (χ0n) is 16.5. The van der Waals surface area contributed by atoms with Crippen LogP contribution in [0.4, 0.5) is 5.82 Å². The second kappa shape index (κ2) is 10.2. The van der Waals surface area contributed by atoms with E-state index in [9.17, 15) is 4.79 Å². The molecule has 0 unspecified atom stereocenters. The van der Waals surface area contributed by atoms with Gasteiger partial charge >= 0.3 is 0 Å². The van der Waals surface area contributed by atoms with Crippen LogP contribution in [0.25, 0.3) is 0 Å². The smallest absolute Gasteiger partial charge is 0.262 e. The van der Waals surface area contributed by atoms with Crippen molar-refractivity contribution < 1.29 is 14.6 Å². The van der Waals surface area contributed by atoms with Crippen LogP contribution in [0.3, 0.4) is 0 Å². The van der Waals surface area contributed by atoms with Crippen molar-refractivity contribution in [1.82, 2.24) is 15.2 Å². The van der Waals surface area contributed by atoms with Crippen molar-refractivity contribution in [2.75, 3.05) is 18.5 Å². The Bertz CT molecular complexity index is 754. The maximum Gasteiger partial charge on any atom is 0.262 e. The van der Waals surface area contributed by atoms with Crippen LogP contribution < -0.4 is 10.1 Å². The monoisotopic (exact) mass is 386 g/mol. The molecule has 0 bridgehead atoms. The number of hydrogen-bond donors (Lipinski definition) is 3. The maximum atomic E-state index is 12.6. The van der Waals surface area contributed by atoms with Crippen molar-refractivity contribution >= 4 is 11.7 Å². The molecule has 2 aromatic rings. The minimum Gasteiger partial charge on any atom is -0.475 e. The third-order valence-electron chi connectivity index (χ3n) is 5.44. The molecular weight excluding hydrogens is 356 g/mol. The van der Waals surface area contributed by atoms with Crippen molar-refractivity contribution in [2.24, 2.45) is 5.92 Å². The summed E-state index contributed by atoms with van der Waals surface area (Å²) >= 11 is 0. The maximum absolute atomic E-state index is 12.6. The molecular formula is C21H30N4O3. The molecule has 0 atom stereocenters. The van der Waals surface area contributed by atoms with Gasteiger partial charge in [-0.05, 0) is 43.7 Å². The third kappa shape index (κ3) is 5.32. The standard InChI is InChI=1S/C21H30N4O3/c1-2-3-5-15-7-9-16(10-8-15)18-14-19(25-24-18)23-20(27)17-6-4-11-22-21(17)28-13-12-26/h4,6,11,14-16,26H,2-3,5,7-10,12-13H2,1H3,(H2,23,24,25,27). The minimum atomic E-state index is -0.331. The van der Waals surface area contributed by atoms with E-state index in [0.29, 0.717) is 17.3 Å². The number of nitrogens with zero attached hydrogens (tertiary/aromatic N) is 2. The first kappa shape index (κ1) is 20.3. The van der Waals surface area contributed by atoms with Crippen LogP contribution in [0.2, 0.25) is 0 Å². The Morgan fingerprint density at radius 3 is 2.93 bits per heavy atom. The Kier molecular flexibility index (Phi) is 7.42. The van der Waals surface area contributed by atoms with Gasteiger partial charge in [-0.3, -0.25) is 9.89 Å². The molecule has 0 radical (unpaired) electrons. The lowest BCUT2D eigenvalue weighted by Crippen LogP contribution is -2.15. The first-order chi connectivity index (χ1) is 13.7. The molecule has 3 N–H and O–H groups in total. The van der Waals surface area contributed by atoms with Gasteiger partial charge in [0.1, 0.15) is 12.2 Å². The Hall–Kier alpha value is -2.41. The largest absolute Gasteiger partial charge is 0.475 e. The summed E-state index contributed by atoms with van der Waals surface area (Å²) in [6.45, 7) is 2.20. The van der Waals surface area contributed by atoms with Gasteiger partial charge in [0.25, 0.3) is 5.91 Å². The lowest BCUT2D eigenvalue weighted by atomic mass is 9.78. The van der Waals surface area contributed by atoms with E-state index in [2.05, 4.69) is 27.4 Å². The summed E-state index contributed by atoms with van der Waals surface area (Å²) in [4.78, 5) is 16.6. The van der Waals surface area contributed by atoms with E-state index >= 15 is 0 Å². The SMILES string of the molecule is CCCCC1CCC(c2cc(NC(=O)c3cccnc3OCCO)n[nH]2)CC1. The highest BCUT2D eigenvalue weighted by Crippen LogP contribution is 2.37. The van der Waals surface area contributed by atoms with Gasteiger partial charge in [-0.1, -0.05) is 26.2 Å². The van der Waals surface area contributed by atoms with Crippen molar-refractivity contribution in [1.29, 1.82) is 0 Å². The highest BCUT2D eigenvalue weighted by Gasteiger charge is 2.24.